The minimum atomic E-state index is -4.55. The number of aliphatic hydroxyl groups is 1. The average Bonchev–Trinajstić information content (AvgIpc) is 2.34. The summed E-state index contributed by atoms with van der Waals surface area (Å²) in [6, 6.07) is -3.00. The highest BCUT2D eigenvalue weighted by Crippen LogP contribution is 2.30. The molecule has 0 unspecified atom stereocenters. The molecule has 0 aromatic rings. The van der Waals surface area contributed by atoms with Crippen molar-refractivity contribution in [1.29, 1.82) is 0 Å². The summed E-state index contributed by atoms with van der Waals surface area (Å²) in [4.78, 5) is 11.7. The van der Waals surface area contributed by atoms with Gasteiger partial charge in [0.25, 0.3) is 0 Å². The molecule has 0 spiro atoms. The molecule has 0 rings (SSSR count). The van der Waals surface area contributed by atoms with Gasteiger partial charge in [0.1, 0.15) is 12.1 Å². The molecular weight excluding hydrogens is 287 g/mol. The molecule has 0 saturated carbocycles. The van der Waals surface area contributed by atoms with Crippen molar-refractivity contribution in [2.45, 2.75) is 52.4 Å². The van der Waals surface area contributed by atoms with Crippen LogP contribution in [0.5, 0.6) is 0 Å². The van der Waals surface area contributed by atoms with Gasteiger partial charge in [-0.2, -0.15) is 13.2 Å². The van der Waals surface area contributed by atoms with Crippen molar-refractivity contribution in [1.82, 2.24) is 5.32 Å². The summed E-state index contributed by atoms with van der Waals surface area (Å²) < 4.78 is 44.3. The fourth-order valence-electron chi connectivity index (χ4n) is 2.22. The molecular formula is C14H26F3NO3. The first-order valence-electron chi connectivity index (χ1n) is 7.06. The standard InChI is InChI=1S/C14H26F3NO3/c1-8(2)6-11(13(20)21-5)18-12(14(15,16)17)10(7-19)9(3)4/h8-12,18-19H,6-7H2,1-5H3/t10-,11+,12+/m1/s1. The third-order valence-electron chi connectivity index (χ3n) is 3.42. The van der Waals surface area contributed by atoms with Crippen LogP contribution >= 0.6 is 0 Å². The molecule has 0 fully saturated rings. The van der Waals surface area contributed by atoms with Crippen molar-refractivity contribution in [2.24, 2.45) is 17.8 Å². The van der Waals surface area contributed by atoms with Crippen LogP contribution in [-0.4, -0.2) is 43.1 Å². The van der Waals surface area contributed by atoms with E-state index in [9.17, 15) is 23.1 Å². The van der Waals surface area contributed by atoms with Crippen molar-refractivity contribution in [3.63, 3.8) is 0 Å². The molecule has 0 heterocycles. The summed E-state index contributed by atoms with van der Waals surface area (Å²) in [7, 11) is 1.14. The van der Waals surface area contributed by atoms with Crippen molar-refractivity contribution in [3.8, 4) is 0 Å². The Bertz CT molecular complexity index is 319. The van der Waals surface area contributed by atoms with E-state index in [-0.39, 0.29) is 18.3 Å². The number of hydrogen-bond acceptors (Lipinski definition) is 4. The monoisotopic (exact) mass is 313 g/mol. The second-order valence-corrected chi connectivity index (χ2v) is 5.98. The summed E-state index contributed by atoms with van der Waals surface area (Å²) in [5.41, 5.74) is 0. The second kappa shape index (κ2) is 8.58. The third kappa shape index (κ3) is 6.65. The van der Waals surface area contributed by atoms with Gasteiger partial charge in [0.15, 0.2) is 0 Å². The molecule has 7 heteroatoms. The zero-order valence-electron chi connectivity index (χ0n) is 13.2. The second-order valence-electron chi connectivity index (χ2n) is 5.98. The number of rotatable bonds is 8. The summed E-state index contributed by atoms with van der Waals surface area (Å²) >= 11 is 0. The van der Waals surface area contributed by atoms with Crippen LogP contribution in [0.3, 0.4) is 0 Å². The van der Waals surface area contributed by atoms with Gasteiger partial charge in [0, 0.05) is 12.5 Å². The Morgan fingerprint density at radius 3 is 2.05 bits per heavy atom. The molecule has 0 aliphatic rings. The van der Waals surface area contributed by atoms with E-state index in [2.05, 4.69) is 10.1 Å². The van der Waals surface area contributed by atoms with Gasteiger partial charge in [-0.1, -0.05) is 27.7 Å². The van der Waals surface area contributed by atoms with E-state index >= 15 is 0 Å². The van der Waals surface area contributed by atoms with Crippen LogP contribution in [0.15, 0.2) is 0 Å². The van der Waals surface area contributed by atoms with Crippen molar-refractivity contribution < 1.29 is 27.8 Å². The number of methoxy groups -OCH3 is 1. The van der Waals surface area contributed by atoms with Crippen molar-refractivity contribution in [2.75, 3.05) is 13.7 Å². The highest BCUT2D eigenvalue weighted by molar-refractivity contribution is 5.75. The van der Waals surface area contributed by atoms with Crippen molar-refractivity contribution in [3.05, 3.63) is 0 Å². The lowest BCUT2D eigenvalue weighted by Gasteiger charge is -2.34. The molecule has 0 radical (unpaired) electrons. The molecule has 0 aliphatic heterocycles. The number of esters is 1. The molecule has 0 bridgehead atoms. The van der Waals surface area contributed by atoms with E-state index in [4.69, 9.17) is 0 Å². The lowest BCUT2D eigenvalue weighted by molar-refractivity contribution is -0.180. The smallest absolute Gasteiger partial charge is 0.404 e. The zero-order valence-corrected chi connectivity index (χ0v) is 13.2. The van der Waals surface area contributed by atoms with Gasteiger partial charge in [-0.25, -0.2) is 0 Å². The van der Waals surface area contributed by atoms with Crippen LogP contribution in [0.2, 0.25) is 0 Å². The van der Waals surface area contributed by atoms with Gasteiger partial charge >= 0.3 is 12.1 Å². The molecule has 3 atom stereocenters. The SMILES string of the molecule is COC(=O)[C@H](CC(C)C)N[C@@H]([C@H](CO)C(C)C)C(F)(F)F. The fraction of sp³-hybridized carbons (Fsp3) is 0.929. The Morgan fingerprint density at radius 1 is 1.24 bits per heavy atom. The quantitative estimate of drug-likeness (QED) is 0.676. The number of halogens is 3. The minimum Gasteiger partial charge on any atom is -0.468 e. The summed E-state index contributed by atoms with van der Waals surface area (Å²) in [5.74, 6) is -2.10. The van der Waals surface area contributed by atoms with Gasteiger partial charge in [0.05, 0.1) is 7.11 Å². The Kier molecular flexibility index (Phi) is 8.25. The maximum Gasteiger partial charge on any atom is 0.404 e. The van der Waals surface area contributed by atoms with Gasteiger partial charge in [-0.05, 0) is 18.3 Å². The third-order valence-corrected chi connectivity index (χ3v) is 3.42. The predicted octanol–water partition coefficient (Wildman–Crippen LogP) is 2.36. The Balaban J connectivity index is 5.28. The Hall–Kier alpha value is -0.820. The van der Waals surface area contributed by atoms with Crippen molar-refractivity contribution >= 4 is 5.97 Å². The molecule has 21 heavy (non-hydrogen) atoms. The van der Waals surface area contributed by atoms with Crippen LogP contribution in [0, 0.1) is 17.8 Å². The molecule has 2 N–H and O–H groups in total. The van der Waals surface area contributed by atoms with E-state index in [1.807, 2.05) is 13.8 Å². The maximum atomic E-state index is 13.3. The topological polar surface area (TPSA) is 58.6 Å². The minimum absolute atomic E-state index is 0.0297. The lowest BCUT2D eigenvalue weighted by Crippen LogP contribution is -2.56. The molecule has 126 valence electrons. The highest BCUT2D eigenvalue weighted by atomic mass is 19.4. The normalized spacial score (nSPS) is 16.9. The summed E-state index contributed by atoms with van der Waals surface area (Å²) in [6.45, 7) is 6.23. The lowest BCUT2D eigenvalue weighted by atomic mass is 9.87. The van der Waals surface area contributed by atoms with Crippen LogP contribution in [0.4, 0.5) is 13.2 Å². The highest BCUT2D eigenvalue weighted by Gasteiger charge is 2.47. The van der Waals surface area contributed by atoms with Crippen LogP contribution in [0.1, 0.15) is 34.1 Å². The number of alkyl halides is 3. The Morgan fingerprint density at radius 2 is 1.76 bits per heavy atom. The van der Waals surface area contributed by atoms with Crippen LogP contribution < -0.4 is 5.32 Å². The fourth-order valence-corrected chi connectivity index (χ4v) is 2.22. The van der Waals surface area contributed by atoms with E-state index in [0.29, 0.717) is 0 Å². The molecule has 0 aromatic carbocycles. The summed E-state index contributed by atoms with van der Waals surface area (Å²) in [5, 5.41) is 11.6. The number of ether oxygens (including phenoxy) is 1. The molecule has 0 saturated heterocycles. The largest absolute Gasteiger partial charge is 0.468 e. The predicted molar refractivity (Wildman–Crippen MR) is 73.7 cm³/mol. The van der Waals surface area contributed by atoms with Gasteiger partial charge in [-0.15, -0.1) is 0 Å². The number of carbonyl (C=O) groups is 1. The van der Waals surface area contributed by atoms with E-state index < -0.39 is 36.8 Å². The zero-order chi connectivity index (χ0) is 16.8. The van der Waals surface area contributed by atoms with E-state index in [1.165, 1.54) is 0 Å². The van der Waals surface area contributed by atoms with E-state index in [0.717, 1.165) is 7.11 Å². The number of carbonyl (C=O) groups excluding carboxylic acids is 1. The molecule has 0 aliphatic carbocycles. The first-order valence-corrected chi connectivity index (χ1v) is 7.06. The summed E-state index contributed by atoms with van der Waals surface area (Å²) in [6.07, 6.45) is -4.32. The van der Waals surface area contributed by atoms with Crippen LogP contribution in [0.25, 0.3) is 0 Å². The van der Waals surface area contributed by atoms with E-state index in [1.54, 1.807) is 13.8 Å². The average molecular weight is 313 g/mol. The van der Waals surface area contributed by atoms with Gasteiger partial charge in [-0.3, -0.25) is 10.1 Å². The first-order chi connectivity index (χ1) is 9.54. The number of nitrogens with one attached hydrogen (secondary N) is 1. The van der Waals surface area contributed by atoms with Crippen LogP contribution in [-0.2, 0) is 9.53 Å². The number of hydrogen-bond donors (Lipinski definition) is 2. The Labute approximate surface area is 124 Å². The molecule has 0 amide bonds. The van der Waals surface area contributed by atoms with Gasteiger partial charge < -0.3 is 9.84 Å². The molecule has 0 aromatic heterocycles. The van der Waals surface area contributed by atoms with Gasteiger partial charge in [0.2, 0.25) is 0 Å². The number of aliphatic hydroxyl groups excluding tert-OH is 1. The maximum absolute atomic E-state index is 13.3. The molecule has 4 nitrogen and oxygen atoms in total. The first kappa shape index (κ1) is 20.2.